The second-order valence-corrected chi connectivity index (χ2v) is 7.12. The molecule has 0 unspecified atom stereocenters. The van der Waals surface area contributed by atoms with Gasteiger partial charge in [-0.2, -0.15) is 18.2 Å². The summed E-state index contributed by atoms with van der Waals surface area (Å²) in [5, 5.41) is 7.71. The number of nitrogens with zero attached hydrogens (tertiary/aromatic N) is 2. The molecule has 29 heavy (non-hydrogen) atoms. The lowest BCUT2D eigenvalue weighted by molar-refractivity contribution is -0.137. The fourth-order valence-corrected chi connectivity index (χ4v) is 3.32. The lowest BCUT2D eigenvalue weighted by Crippen LogP contribution is -2.12. The van der Waals surface area contributed by atoms with Gasteiger partial charge in [-0.25, -0.2) is 4.98 Å². The van der Waals surface area contributed by atoms with Gasteiger partial charge in [-0.1, -0.05) is 17.7 Å². The van der Waals surface area contributed by atoms with Crippen LogP contribution in [0, 0.1) is 0 Å². The van der Waals surface area contributed by atoms with Crippen LogP contribution >= 0.6 is 22.9 Å². The van der Waals surface area contributed by atoms with Crippen molar-refractivity contribution in [3.63, 3.8) is 0 Å². The van der Waals surface area contributed by atoms with Gasteiger partial charge < -0.3 is 9.73 Å². The molecule has 0 saturated heterocycles. The minimum Gasteiger partial charge on any atom is -0.423 e. The number of benzene rings is 2. The highest BCUT2D eigenvalue weighted by Gasteiger charge is 2.31. The number of alkyl halides is 3. The molecule has 0 aliphatic rings. The van der Waals surface area contributed by atoms with Crippen LogP contribution in [-0.2, 0) is 6.18 Å². The number of nitrogens with one attached hydrogen (secondary N) is 2. The summed E-state index contributed by atoms with van der Waals surface area (Å²) in [7, 11) is 0. The largest absolute Gasteiger partial charge is 0.423 e. The number of anilines is 3. The normalized spacial score (nSPS) is 11.6. The molecule has 0 radical (unpaired) electrons. The van der Waals surface area contributed by atoms with Gasteiger partial charge in [-0.05, 0) is 36.4 Å². The van der Waals surface area contributed by atoms with E-state index in [4.69, 9.17) is 16.0 Å². The van der Waals surface area contributed by atoms with E-state index in [9.17, 15) is 18.0 Å². The van der Waals surface area contributed by atoms with Crippen molar-refractivity contribution < 1.29 is 22.4 Å². The van der Waals surface area contributed by atoms with Crippen molar-refractivity contribution >= 4 is 56.8 Å². The Hall–Kier alpha value is -3.11. The van der Waals surface area contributed by atoms with E-state index in [0.717, 1.165) is 23.5 Å². The first kappa shape index (κ1) is 19.2. The maximum absolute atomic E-state index is 12.8. The third-order valence-electron chi connectivity index (χ3n) is 3.75. The summed E-state index contributed by atoms with van der Waals surface area (Å²) >= 11 is 7.00. The second-order valence-electron chi connectivity index (χ2n) is 5.83. The standard InChI is InChI=1S/C18H10ClF3N4O2S/c19-10-2-1-3-11(7-10)23-15(27)13-8-29-17(25-13)26-16-24-12-6-9(18(20,21)22)4-5-14(12)28-16/h1-8H,(H,23,27)(H,24,25,26). The molecule has 0 fully saturated rings. The van der Waals surface area contributed by atoms with Crippen molar-refractivity contribution in [3.05, 3.63) is 64.1 Å². The van der Waals surface area contributed by atoms with Crippen molar-refractivity contribution in [1.29, 1.82) is 0 Å². The van der Waals surface area contributed by atoms with Crippen LogP contribution in [0.15, 0.2) is 52.3 Å². The van der Waals surface area contributed by atoms with Gasteiger partial charge in [0.25, 0.3) is 5.91 Å². The van der Waals surface area contributed by atoms with Crippen molar-refractivity contribution in [2.75, 3.05) is 10.6 Å². The molecule has 0 atom stereocenters. The van der Waals surface area contributed by atoms with E-state index in [1.165, 1.54) is 11.4 Å². The fourth-order valence-electron chi connectivity index (χ4n) is 2.45. The Kier molecular flexibility index (Phi) is 4.89. The predicted octanol–water partition coefficient (Wildman–Crippen LogP) is 5.95. The minimum absolute atomic E-state index is 0.0320. The number of hydrogen-bond acceptors (Lipinski definition) is 6. The smallest absolute Gasteiger partial charge is 0.416 e. The minimum atomic E-state index is -4.47. The van der Waals surface area contributed by atoms with Crippen molar-refractivity contribution in [1.82, 2.24) is 9.97 Å². The monoisotopic (exact) mass is 438 g/mol. The van der Waals surface area contributed by atoms with Crippen LogP contribution < -0.4 is 10.6 Å². The summed E-state index contributed by atoms with van der Waals surface area (Å²) in [6.07, 6.45) is -4.47. The summed E-state index contributed by atoms with van der Waals surface area (Å²) in [6.45, 7) is 0. The summed E-state index contributed by atoms with van der Waals surface area (Å²) in [5.74, 6) is -0.441. The van der Waals surface area contributed by atoms with Crippen molar-refractivity contribution in [2.45, 2.75) is 6.18 Å². The van der Waals surface area contributed by atoms with Crippen LogP contribution in [-0.4, -0.2) is 15.9 Å². The zero-order valence-electron chi connectivity index (χ0n) is 14.2. The molecule has 2 N–H and O–H groups in total. The van der Waals surface area contributed by atoms with E-state index < -0.39 is 17.6 Å². The Bertz CT molecular complexity index is 1210. The average molecular weight is 439 g/mol. The van der Waals surface area contributed by atoms with Crippen LogP contribution in [0.4, 0.5) is 30.0 Å². The third-order valence-corrected chi connectivity index (χ3v) is 4.74. The maximum Gasteiger partial charge on any atom is 0.416 e. The van der Waals surface area contributed by atoms with Crippen molar-refractivity contribution in [3.8, 4) is 0 Å². The molecule has 0 aliphatic heterocycles. The fraction of sp³-hybridized carbons (Fsp3) is 0.0556. The van der Waals surface area contributed by atoms with Gasteiger partial charge in [-0.15, -0.1) is 11.3 Å². The number of carbonyl (C=O) groups is 1. The molecular formula is C18H10ClF3N4O2S. The molecule has 0 spiro atoms. The maximum atomic E-state index is 12.8. The van der Waals surface area contributed by atoms with E-state index in [-0.39, 0.29) is 22.8 Å². The van der Waals surface area contributed by atoms with Gasteiger partial charge in [0, 0.05) is 16.1 Å². The van der Waals surface area contributed by atoms with Crippen LogP contribution in [0.25, 0.3) is 11.1 Å². The zero-order chi connectivity index (χ0) is 20.6. The summed E-state index contributed by atoms with van der Waals surface area (Å²) in [4.78, 5) is 20.4. The zero-order valence-corrected chi connectivity index (χ0v) is 15.8. The van der Waals surface area contributed by atoms with Crippen LogP contribution in [0.1, 0.15) is 16.1 Å². The molecule has 0 saturated carbocycles. The van der Waals surface area contributed by atoms with Gasteiger partial charge in [0.2, 0.25) is 0 Å². The molecule has 148 valence electrons. The molecule has 2 aromatic carbocycles. The van der Waals surface area contributed by atoms with Crippen LogP contribution in [0.3, 0.4) is 0 Å². The van der Waals surface area contributed by atoms with Gasteiger partial charge in [-0.3, -0.25) is 10.1 Å². The number of aromatic nitrogens is 2. The topological polar surface area (TPSA) is 80.0 Å². The lowest BCUT2D eigenvalue weighted by atomic mass is 10.2. The molecule has 4 aromatic rings. The first-order valence-corrected chi connectivity index (χ1v) is 9.31. The number of carbonyl (C=O) groups excluding carboxylic acids is 1. The van der Waals surface area contributed by atoms with Gasteiger partial charge in [0.1, 0.15) is 11.2 Å². The molecule has 2 heterocycles. The molecule has 0 bridgehead atoms. The predicted molar refractivity (Wildman–Crippen MR) is 104 cm³/mol. The highest BCUT2D eigenvalue weighted by atomic mass is 35.5. The number of rotatable bonds is 4. The number of halogens is 4. The lowest BCUT2D eigenvalue weighted by Gasteiger charge is -2.04. The highest BCUT2D eigenvalue weighted by molar-refractivity contribution is 7.14. The Balaban J connectivity index is 1.49. The van der Waals surface area contributed by atoms with E-state index in [1.807, 2.05) is 0 Å². The SMILES string of the molecule is O=C(Nc1cccc(Cl)c1)c1csc(Nc2nc3cc(C(F)(F)F)ccc3o2)n1. The molecule has 11 heteroatoms. The Morgan fingerprint density at radius 1 is 1.14 bits per heavy atom. The number of thiazole rings is 1. The Labute approximate surface area is 170 Å². The Morgan fingerprint density at radius 3 is 2.72 bits per heavy atom. The summed E-state index contributed by atoms with van der Waals surface area (Å²) < 4.78 is 43.8. The molecule has 6 nitrogen and oxygen atoms in total. The first-order chi connectivity index (χ1) is 13.8. The summed E-state index contributed by atoms with van der Waals surface area (Å²) in [6, 6.07) is 9.64. The van der Waals surface area contributed by atoms with Crippen LogP contribution in [0.2, 0.25) is 5.02 Å². The number of fused-ring (bicyclic) bond motifs is 1. The molecule has 1 amide bonds. The molecule has 4 rings (SSSR count). The highest BCUT2D eigenvalue weighted by Crippen LogP contribution is 2.32. The second kappa shape index (κ2) is 7.37. The summed E-state index contributed by atoms with van der Waals surface area (Å²) in [5.41, 5.74) is 0.0882. The number of amides is 1. The van der Waals surface area contributed by atoms with Gasteiger partial charge in [0.05, 0.1) is 5.56 Å². The van der Waals surface area contributed by atoms with Crippen LogP contribution in [0.5, 0.6) is 0 Å². The Morgan fingerprint density at radius 2 is 1.97 bits per heavy atom. The molecular weight excluding hydrogens is 429 g/mol. The van der Waals surface area contributed by atoms with Crippen molar-refractivity contribution in [2.24, 2.45) is 0 Å². The molecule has 2 aromatic heterocycles. The third kappa shape index (κ3) is 4.33. The average Bonchev–Trinajstić information content (AvgIpc) is 3.27. The first-order valence-electron chi connectivity index (χ1n) is 8.05. The van der Waals surface area contributed by atoms with E-state index >= 15 is 0 Å². The van der Waals surface area contributed by atoms with E-state index in [2.05, 4.69) is 20.6 Å². The number of oxazole rings is 1. The number of hydrogen-bond donors (Lipinski definition) is 2. The van der Waals surface area contributed by atoms with E-state index in [0.29, 0.717) is 15.8 Å². The van der Waals surface area contributed by atoms with Gasteiger partial charge >= 0.3 is 12.2 Å². The quantitative estimate of drug-likeness (QED) is 0.411. The molecule has 0 aliphatic carbocycles. The van der Waals surface area contributed by atoms with Gasteiger partial charge in [0.15, 0.2) is 10.7 Å². The van der Waals surface area contributed by atoms with E-state index in [1.54, 1.807) is 24.3 Å².